The van der Waals surface area contributed by atoms with Crippen LogP contribution in [-0.4, -0.2) is 61.9 Å². The number of benzene rings is 2. The maximum absolute atomic E-state index is 13.7. The minimum absolute atomic E-state index is 0.0599. The van der Waals surface area contributed by atoms with Crippen molar-refractivity contribution < 1.29 is 22.7 Å². The third kappa shape index (κ3) is 4.80. The molecule has 2 aromatic carbocycles. The highest BCUT2D eigenvalue weighted by Crippen LogP contribution is 2.32. The predicted molar refractivity (Wildman–Crippen MR) is 138 cm³/mol. The number of ether oxygens (including phenoxy) is 1. The van der Waals surface area contributed by atoms with Crippen molar-refractivity contribution in [1.82, 2.24) is 14.6 Å². The largest absolute Gasteiger partial charge is 0.366 e. The molecule has 5 rings (SSSR count). The van der Waals surface area contributed by atoms with Crippen molar-refractivity contribution in [3.8, 4) is 0 Å². The fourth-order valence-corrected chi connectivity index (χ4v) is 7.14. The van der Waals surface area contributed by atoms with Crippen LogP contribution in [0, 0.1) is 5.92 Å². The molecule has 1 aromatic heterocycles. The normalized spacial score (nSPS) is 20.7. The molecular weight excluding hydrogens is 548 g/mol. The number of carbonyl (C=O) groups excluding carboxylic acids is 2. The summed E-state index contributed by atoms with van der Waals surface area (Å²) in [6, 6.07) is 13.4. The van der Waals surface area contributed by atoms with Gasteiger partial charge in [0.1, 0.15) is 16.7 Å². The number of fused-ring (bicyclic) bond motifs is 2. The van der Waals surface area contributed by atoms with Gasteiger partial charge in [-0.2, -0.15) is 4.31 Å². The second-order valence-corrected chi connectivity index (χ2v) is 12.0. The van der Waals surface area contributed by atoms with Crippen LogP contribution < -0.4 is 11.1 Å². The van der Waals surface area contributed by atoms with E-state index in [0.717, 1.165) is 19.3 Å². The minimum atomic E-state index is -4.15. The van der Waals surface area contributed by atoms with Crippen molar-refractivity contribution in [1.29, 1.82) is 0 Å². The Morgan fingerprint density at radius 2 is 1.97 bits per heavy atom. The van der Waals surface area contributed by atoms with Crippen LogP contribution >= 0.6 is 15.9 Å². The zero-order valence-electron chi connectivity index (χ0n) is 19.5. The highest BCUT2D eigenvalue weighted by Gasteiger charge is 2.38. The standard InChI is InChI=1S/C25H27BrN4O5S/c26-18-7-8-20-19(12-18)23(22(29-20)24(27)31)36(33,34)30-9-10-35-21(14-30)25(32)28-13-15-5-6-16-3-1-2-4-17(16)11-15/h1-4,7-8,12,15,21,29H,5-6,9-11,13-14H2,(H2,27,31)(H,28,32). The van der Waals surface area contributed by atoms with Crippen molar-refractivity contribution in [2.75, 3.05) is 26.2 Å². The van der Waals surface area contributed by atoms with E-state index in [4.69, 9.17) is 10.5 Å². The first kappa shape index (κ1) is 24.9. The van der Waals surface area contributed by atoms with Crippen LogP contribution in [0.5, 0.6) is 0 Å². The molecule has 2 heterocycles. The summed E-state index contributed by atoms with van der Waals surface area (Å²) >= 11 is 3.35. The van der Waals surface area contributed by atoms with E-state index in [2.05, 4.69) is 38.4 Å². The number of nitrogens with zero attached hydrogens (tertiary/aromatic N) is 1. The molecule has 1 aliphatic carbocycles. The summed E-state index contributed by atoms with van der Waals surface area (Å²) in [7, 11) is -4.15. The number of amides is 2. The second kappa shape index (κ2) is 9.97. The molecule has 0 saturated carbocycles. The highest BCUT2D eigenvalue weighted by molar-refractivity contribution is 9.10. The molecule has 0 radical (unpaired) electrons. The summed E-state index contributed by atoms with van der Waals surface area (Å²) in [5, 5.41) is 3.30. The van der Waals surface area contributed by atoms with Crippen molar-refractivity contribution in [3.63, 3.8) is 0 Å². The Labute approximate surface area is 217 Å². The van der Waals surface area contributed by atoms with Crippen LogP contribution in [0.15, 0.2) is 51.8 Å². The van der Waals surface area contributed by atoms with E-state index in [1.165, 1.54) is 15.4 Å². The quantitative estimate of drug-likeness (QED) is 0.415. The van der Waals surface area contributed by atoms with Gasteiger partial charge < -0.3 is 20.8 Å². The number of aromatic nitrogens is 1. The summed E-state index contributed by atoms with van der Waals surface area (Å²) in [5.74, 6) is -0.905. The van der Waals surface area contributed by atoms with E-state index >= 15 is 0 Å². The number of halogens is 1. The Kier molecular flexibility index (Phi) is 6.90. The molecule has 3 aromatic rings. The third-order valence-electron chi connectivity index (χ3n) is 6.89. The molecule has 1 fully saturated rings. The Bertz CT molecular complexity index is 1440. The van der Waals surface area contributed by atoms with Gasteiger partial charge in [-0.25, -0.2) is 8.42 Å². The van der Waals surface area contributed by atoms with E-state index in [1.54, 1.807) is 18.2 Å². The summed E-state index contributed by atoms with van der Waals surface area (Å²) in [6.45, 7) is 0.471. The number of sulfonamides is 1. The summed E-state index contributed by atoms with van der Waals surface area (Å²) < 4.78 is 34.9. The molecule has 2 unspecified atom stereocenters. The van der Waals surface area contributed by atoms with Crippen molar-refractivity contribution in [3.05, 3.63) is 63.8 Å². The Hall–Kier alpha value is -2.73. The monoisotopic (exact) mass is 574 g/mol. The molecule has 11 heteroatoms. The molecule has 1 saturated heterocycles. The molecular formula is C25H27BrN4O5S. The number of primary amides is 1. The Balaban J connectivity index is 1.30. The van der Waals surface area contributed by atoms with Gasteiger partial charge in [0, 0.05) is 35.0 Å². The van der Waals surface area contributed by atoms with Gasteiger partial charge in [-0.05, 0) is 54.5 Å². The average Bonchev–Trinajstić information content (AvgIpc) is 3.27. The van der Waals surface area contributed by atoms with E-state index in [9.17, 15) is 18.0 Å². The van der Waals surface area contributed by atoms with Gasteiger partial charge in [-0.15, -0.1) is 0 Å². The number of hydrogen-bond acceptors (Lipinski definition) is 5. The van der Waals surface area contributed by atoms with Gasteiger partial charge in [-0.1, -0.05) is 40.2 Å². The topological polar surface area (TPSA) is 135 Å². The first-order valence-corrected chi connectivity index (χ1v) is 14.0. The Morgan fingerprint density at radius 1 is 1.19 bits per heavy atom. The molecule has 2 aliphatic rings. The third-order valence-corrected chi connectivity index (χ3v) is 9.34. The van der Waals surface area contributed by atoms with Crippen LogP contribution in [0.4, 0.5) is 0 Å². The van der Waals surface area contributed by atoms with Crippen LogP contribution in [-0.2, 0) is 32.4 Å². The molecule has 36 heavy (non-hydrogen) atoms. The maximum Gasteiger partial charge on any atom is 0.266 e. The second-order valence-electron chi connectivity index (χ2n) is 9.23. The van der Waals surface area contributed by atoms with Gasteiger partial charge in [0.25, 0.3) is 11.8 Å². The van der Waals surface area contributed by atoms with E-state index < -0.39 is 22.0 Å². The highest BCUT2D eigenvalue weighted by atomic mass is 79.9. The number of nitrogens with two attached hydrogens (primary N) is 1. The number of H-pyrrole nitrogens is 1. The van der Waals surface area contributed by atoms with Gasteiger partial charge in [0.2, 0.25) is 10.0 Å². The van der Waals surface area contributed by atoms with Crippen molar-refractivity contribution >= 4 is 48.7 Å². The lowest BCUT2D eigenvalue weighted by atomic mass is 9.84. The van der Waals surface area contributed by atoms with Gasteiger partial charge in [0.15, 0.2) is 0 Å². The lowest BCUT2D eigenvalue weighted by Crippen LogP contribution is -2.52. The molecule has 0 spiro atoms. The number of hydrogen-bond donors (Lipinski definition) is 3. The van der Waals surface area contributed by atoms with Gasteiger partial charge in [0.05, 0.1) is 6.61 Å². The molecule has 0 bridgehead atoms. The molecule has 1 aliphatic heterocycles. The van der Waals surface area contributed by atoms with Crippen molar-refractivity contribution in [2.45, 2.75) is 30.3 Å². The van der Waals surface area contributed by atoms with Crippen LogP contribution in [0.2, 0.25) is 0 Å². The molecule has 4 N–H and O–H groups in total. The molecule has 9 nitrogen and oxygen atoms in total. The van der Waals surface area contributed by atoms with E-state index in [0.29, 0.717) is 27.8 Å². The lowest BCUT2D eigenvalue weighted by Gasteiger charge is -2.32. The molecule has 2 amide bonds. The van der Waals surface area contributed by atoms with Crippen LogP contribution in [0.3, 0.4) is 0 Å². The fourth-order valence-electron chi connectivity index (χ4n) is 5.02. The zero-order valence-corrected chi connectivity index (χ0v) is 21.9. The SMILES string of the molecule is NC(=O)c1[nH]c2ccc(Br)cc2c1S(=O)(=O)N1CCOC(C(=O)NCC2CCc3ccccc3C2)C1. The molecule has 2 atom stereocenters. The number of nitrogens with one attached hydrogen (secondary N) is 2. The summed E-state index contributed by atoms with van der Waals surface area (Å²) in [5.41, 5.74) is 8.46. The zero-order chi connectivity index (χ0) is 25.4. The molecule has 190 valence electrons. The number of morpholine rings is 1. The van der Waals surface area contributed by atoms with Gasteiger partial charge >= 0.3 is 0 Å². The smallest absolute Gasteiger partial charge is 0.266 e. The minimum Gasteiger partial charge on any atom is -0.366 e. The van der Waals surface area contributed by atoms with E-state index in [-0.39, 0.29) is 36.2 Å². The summed E-state index contributed by atoms with van der Waals surface area (Å²) in [6.07, 6.45) is 1.91. The van der Waals surface area contributed by atoms with Crippen LogP contribution in [0.25, 0.3) is 10.9 Å². The van der Waals surface area contributed by atoms with Crippen LogP contribution in [0.1, 0.15) is 28.0 Å². The van der Waals surface area contributed by atoms with Gasteiger partial charge in [-0.3, -0.25) is 9.59 Å². The number of carbonyl (C=O) groups is 2. The number of aromatic amines is 1. The number of aryl methyl sites for hydroxylation is 1. The van der Waals surface area contributed by atoms with Crippen molar-refractivity contribution in [2.24, 2.45) is 11.7 Å². The summed E-state index contributed by atoms with van der Waals surface area (Å²) in [4.78, 5) is 27.7. The number of rotatable bonds is 6. The first-order valence-electron chi connectivity index (χ1n) is 11.8. The predicted octanol–water partition coefficient (Wildman–Crippen LogP) is 2.34. The maximum atomic E-state index is 13.7. The first-order chi connectivity index (χ1) is 17.2. The average molecular weight is 575 g/mol. The Morgan fingerprint density at radius 3 is 2.75 bits per heavy atom. The lowest BCUT2D eigenvalue weighted by molar-refractivity contribution is -0.136. The van der Waals surface area contributed by atoms with E-state index in [1.807, 2.05) is 12.1 Å². The fraction of sp³-hybridized carbons (Fsp3) is 0.360.